The van der Waals surface area contributed by atoms with Crippen molar-refractivity contribution in [3.05, 3.63) is 40.4 Å². The second-order valence-electron chi connectivity index (χ2n) is 7.06. The molecule has 136 valence electrons. The van der Waals surface area contributed by atoms with Crippen molar-refractivity contribution in [2.24, 2.45) is 5.92 Å². The maximum absolute atomic E-state index is 12.2. The summed E-state index contributed by atoms with van der Waals surface area (Å²) in [6.07, 6.45) is 2.58. The molecule has 0 aromatic heterocycles. The lowest BCUT2D eigenvalue weighted by Gasteiger charge is -2.31. The first-order chi connectivity index (χ1) is 11.7. The molecule has 0 fully saturated rings. The highest BCUT2D eigenvalue weighted by atomic mass is 79.9. The van der Waals surface area contributed by atoms with Crippen LogP contribution in [-0.4, -0.2) is 30.8 Å². The second-order valence-corrected chi connectivity index (χ2v) is 7.98. The number of hydrogen-bond donors (Lipinski definition) is 1. The summed E-state index contributed by atoms with van der Waals surface area (Å²) in [6, 6.07) is 7.59. The number of esters is 1. The van der Waals surface area contributed by atoms with Gasteiger partial charge in [-0.2, -0.15) is 0 Å². The predicted octanol–water partition coefficient (Wildman–Crippen LogP) is 4.31. The van der Waals surface area contributed by atoms with Crippen molar-refractivity contribution in [1.82, 2.24) is 5.32 Å². The van der Waals surface area contributed by atoms with Crippen LogP contribution in [0.4, 0.5) is 4.79 Å². The molecule has 1 unspecified atom stereocenters. The first-order valence-corrected chi connectivity index (χ1v) is 9.01. The van der Waals surface area contributed by atoms with Gasteiger partial charge in [0.15, 0.2) is 0 Å². The Balaban J connectivity index is 2.17. The zero-order valence-corrected chi connectivity index (χ0v) is 16.6. The number of ether oxygens (including phenoxy) is 2. The third kappa shape index (κ3) is 5.59. The normalized spacial score (nSPS) is 20.4. The lowest BCUT2D eigenvalue weighted by molar-refractivity contribution is -0.146. The number of carbonyl (C=O) groups excluding carboxylic acids is 2. The van der Waals surface area contributed by atoms with Crippen molar-refractivity contribution in [3.63, 3.8) is 0 Å². The van der Waals surface area contributed by atoms with E-state index in [2.05, 4.69) is 27.3 Å². The van der Waals surface area contributed by atoms with Gasteiger partial charge in [0.25, 0.3) is 0 Å². The van der Waals surface area contributed by atoms with E-state index < -0.39 is 17.6 Å². The molecule has 1 amide bonds. The highest BCUT2D eigenvalue weighted by Crippen LogP contribution is 2.33. The molecule has 0 heterocycles. The molecule has 0 aliphatic heterocycles. The fraction of sp³-hybridized carbons (Fsp3) is 0.474. The average molecular weight is 410 g/mol. The highest BCUT2D eigenvalue weighted by molar-refractivity contribution is 9.10. The second kappa shape index (κ2) is 8.04. The standard InChI is InChI=1S/C19H24BrNO4/c1-19(2,3)25-18(23)21-16-9-8-13(11-15(16)17(22)24-4)12-6-5-7-14(20)10-12/h5-8,10,15-16H,9,11H2,1-4H3,(H,21,23)/t15-,16?/m0/s1. The lowest BCUT2D eigenvalue weighted by atomic mass is 9.82. The van der Waals surface area contributed by atoms with E-state index in [1.807, 2.05) is 24.3 Å². The van der Waals surface area contributed by atoms with Crippen molar-refractivity contribution in [3.8, 4) is 0 Å². The fourth-order valence-electron chi connectivity index (χ4n) is 2.84. The number of methoxy groups -OCH3 is 1. The molecule has 0 spiro atoms. The van der Waals surface area contributed by atoms with Gasteiger partial charge in [-0.3, -0.25) is 4.79 Å². The van der Waals surface area contributed by atoms with Crippen molar-refractivity contribution < 1.29 is 19.1 Å². The van der Waals surface area contributed by atoms with Crippen LogP contribution in [0.5, 0.6) is 0 Å². The van der Waals surface area contributed by atoms with Gasteiger partial charge in [0.2, 0.25) is 0 Å². The number of allylic oxidation sites excluding steroid dienone is 1. The minimum Gasteiger partial charge on any atom is -0.469 e. The van der Waals surface area contributed by atoms with Gasteiger partial charge in [-0.25, -0.2) is 4.79 Å². The molecule has 0 bridgehead atoms. The number of carbonyl (C=O) groups is 2. The summed E-state index contributed by atoms with van der Waals surface area (Å²) in [4.78, 5) is 24.3. The van der Waals surface area contributed by atoms with Crippen LogP contribution >= 0.6 is 15.9 Å². The Morgan fingerprint density at radius 1 is 1.28 bits per heavy atom. The monoisotopic (exact) mass is 409 g/mol. The number of benzene rings is 1. The first kappa shape index (κ1) is 19.5. The summed E-state index contributed by atoms with van der Waals surface area (Å²) in [7, 11) is 1.37. The molecule has 25 heavy (non-hydrogen) atoms. The van der Waals surface area contributed by atoms with Crippen LogP contribution in [0, 0.1) is 5.92 Å². The average Bonchev–Trinajstić information content (AvgIpc) is 2.52. The van der Waals surface area contributed by atoms with E-state index in [9.17, 15) is 9.59 Å². The van der Waals surface area contributed by atoms with Gasteiger partial charge in [0, 0.05) is 10.5 Å². The zero-order chi connectivity index (χ0) is 18.6. The van der Waals surface area contributed by atoms with E-state index in [0.717, 1.165) is 15.6 Å². The zero-order valence-electron chi connectivity index (χ0n) is 15.0. The van der Waals surface area contributed by atoms with Gasteiger partial charge >= 0.3 is 12.1 Å². The molecular weight excluding hydrogens is 386 g/mol. The minimum absolute atomic E-state index is 0.332. The summed E-state index contributed by atoms with van der Waals surface area (Å²) in [6.45, 7) is 5.41. The number of amides is 1. The quantitative estimate of drug-likeness (QED) is 0.755. The van der Waals surface area contributed by atoms with Crippen molar-refractivity contribution in [2.75, 3.05) is 7.11 Å². The maximum atomic E-state index is 12.2. The topological polar surface area (TPSA) is 64.6 Å². The molecule has 0 saturated heterocycles. The summed E-state index contributed by atoms with van der Waals surface area (Å²) in [5, 5.41) is 2.81. The Morgan fingerprint density at radius 3 is 2.60 bits per heavy atom. The van der Waals surface area contributed by atoms with E-state index in [-0.39, 0.29) is 12.0 Å². The molecular formula is C19H24BrNO4. The Morgan fingerprint density at radius 2 is 2.00 bits per heavy atom. The van der Waals surface area contributed by atoms with Crippen LogP contribution in [0.2, 0.25) is 0 Å². The maximum Gasteiger partial charge on any atom is 0.407 e. The molecule has 1 aromatic carbocycles. The third-order valence-corrected chi connectivity index (χ3v) is 4.44. The molecule has 2 rings (SSSR count). The Kier molecular flexibility index (Phi) is 6.27. The molecule has 1 N–H and O–H groups in total. The molecule has 1 aliphatic rings. The predicted molar refractivity (Wildman–Crippen MR) is 100 cm³/mol. The number of alkyl carbamates (subject to hydrolysis) is 1. The smallest absolute Gasteiger partial charge is 0.407 e. The van der Waals surface area contributed by atoms with Gasteiger partial charge in [0.05, 0.1) is 13.0 Å². The number of halogens is 1. The van der Waals surface area contributed by atoms with Crippen LogP contribution in [0.15, 0.2) is 34.8 Å². The Bertz CT molecular complexity index is 678. The molecule has 1 aliphatic carbocycles. The molecule has 0 radical (unpaired) electrons. The van der Waals surface area contributed by atoms with Crippen molar-refractivity contribution >= 4 is 33.6 Å². The van der Waals surface area contributed by atoms with Crippen LogP contribution in [0.1, 0.15) is 39.2 Å². The van der Waals surface area contributed by atoms with Crippen LogP contribution in [-0.2, 0) is 14.3 Å². The van der Waals surface area contributed by atoms with Crippen LogP contribution in [0.25, 0.3) is 5.57 Å². The van der Waals surface area contributed by atoms with E-state index in [1.165, 1.54) is 7.11 Å². The summed E-state index contributed by atoms with van der Waals surface area (Å²) in [5.41, 5.74) is 1.54. The minimum atomic E-state index is -0.586. The molecule has 2 atom stereocenters. The van der Waals surface area contributed by atoms with Gasteiger partial charge in [-0.05, 0) is 56.9 Å². The number of nitrogens with one attached hydrogen (secondary N) is 1. The SMILES string of the molecule is COC(=O)[C@H]1CC(c2cccc(Br)c2)=CCC1NC(=O)OC(C)(C)C. The largest absolute Gasteiger partial charge is 0.469 e. The van der Waals surface area contributed by atoms with E-state index in [0.29, 0.717) is 12.8 Å². The van der Waals surface area contributed by atoms with E-state index in [1.54, 1.807) is 20.8 Å². The van der Waals surface area contributed by atoms with Gasteiger partial charge in [-0.15, -0.1) is 0 Å². The summed E-state index contributed by atoms with van der Waals surface area (Å²) in [5.74, 6) is -0.779. The summed E-state index contributed by atoms with van der Waals surface area (Å²) < 4.78 is 11.2. The first-order valence-electron chi connectivity index (χ1n) is 8.22. The molecule has 0 saturated carbocycles. The molecule has 5 nitrogen and oxygen atoms in total. The molecule has 6 heteroatoms. The molecule has 1 aromatic rings. The summed E-state index contributed by atoms with van der Waals surface area (Å²) >= 11 is 3.47. The lowest BCUT2D eigenvalue weighted by Crippen LogP contribution is -2.46. The van der Waals surface area contributed by atoms with Gasteiger partial charge in [0.1, 0.15) is 5.60 Å². The van der Waals surface area contributed by atoms with Crippen LogP contribution in [0.3, 0.4) is 0 Å². The van der Waals surface area contributed by atoms with Crippen molar-refractivity contribution in [2.45, 2.75) is 45.3 Å². The highest BCUT2D eigenvalue weighted by Gasteiger charge is 2.34. The third-order valence-electron chi connectivity index (χ3n) is 3.95. The van der Waals surface area contributed by atoms with Crippen molar-refractivity contribution in [1.29, 1.82) is 0 Å². The van der Waals surface area contributed by atoms with Crippen LogP contribution < -0.4 is 5.32 Å². The Labute approximate surface area is 156 Å². The fourth-order valence-corrected chi connectivity index (χ4v) is 3.24. The number of hydrogen-bond acceptors (Lipinski definition) is 4. The Hall–Kier alpha value is -1.82. The van der Waals surface area contributed by atoms with Gasteiger partial charge < -0.3 is 14.8 Å². The van der Waals surface area contributed by atoms with E-state index in [4.69, 9.17) is 9.47 Å². The number of rotatable bonds is 3. The van der Waals surface area contributed by atoms with E-state index >= 15 is 0 Å². The van der Waals surface area contributed by atoms with Gasteiger partial charge in [-0.1, -0.05) is 34.1 Å².